The van der Waals surface area contributed by atoms with Gasteiger partial charge in [-0.3, -0.25) is 9.09 Å². The van der Waals surface area contributed by atoms with E-state index in [1.165, 1.54) is 16.8 Å². The molecule has 1 aromatic rings. The van der Waals surface area contributed by atoms with Crippen molar-refractivity contribution >= 4 is 13.6 Å². The molecule has 2 aliphatic heterocycles. The van der Waals surface area contributed by atoms with Crippen LogP contribution in [-0.2, 0) is 23.3 Å². The molecule has 4 N–H and O–H groups in total. The highest BCUT2D eigenvalue weighted by atomic mass is 31.2. The van der Waals surface area contributed by atoms with Gasteiger partial charge in [0.05, 0.1) is 6.61 Å². The Morgan fingerprint density at radius 2 is 2.08 bits per heavy atom. The van der Waals surface area contributed by atoms with Gasteiger partial charge in [-0.1, -0.05) is 0 Å². The van der Waals surface area contributed by atoms with Crippen LogP contribution in [-0.4, -0.2) is 50.0 Å². The maximum Gasteiger partial charge on any atom is 0.469 e. The van der Waals surface area contributed by atoms with Gasteiger partial charge < -0.3 is 29.7 Å². The second-order valence-corrected chi connectivity index (χ2v) is 7.20. The van der Waals surface area contributed by atoms with Gasteiger partial charge in [0.1, 0.15) is 24.1 Å². The van der Waals surface area contributed by atoms with Crippen molar-refractivity contribution < 1.29 is 33.1 Å². The number of anilines is 1. The summed E-state index contributed by atoms with van der Waals surface area (Å²) in [6.45, 7) is 2.96. The van der Waals surface area contributed by atoms with Crippen LogP contribution in [0.5, 0.6) is 0 Å². The Kier molecular flexibility index (Phi) is 4.29. The summed E-state index contributed by atoms with van der Waals surface area (Å²) in [6, 6.07) is 1.43. The summed E-state index contributed by atoms with van der Waals surface area (Å²) < 4.78 is 33.8. The van der Waals surface area contributed by atoms with Gasteiger partial charge in [-0.2, -0.15) is 4.98 Å². The Morgan fingerprint density at radius 1 is 1.42 bits per heavy atom. The molecule has 3 rings (SSSR count). The molecule has 0 bridgehead atoms. The van der Waals surface area contributed by atoms with Crippen molar-refractivity contribution in [2.75, 3.05) is 12.3 Å². The third-order valence-corrected chi connectivity index (χ3v) is 4.14. The van der Waals surface area contributed by atoms with Gasteiger partial charge in [0.25, 0.3) is 0 Å². The second-order valence-electron chi connectivity index (χ2n) is 5.96. The summed E-state index contributed by atoms with van der Waals surface area (Å²) in [7, 11) is -4.67. The predicted octanol–water partition coefficient (Wildman–Crippen LogP) is -0.648. The first kappa shape index (κ1) is 17.5. The number of aromatic nitrogens is 2. The van der Waals surface area contributed by atoms with Gasteiger partial charge >= 0.3 is 13.5 Å². The molecule has 0 aromatic carbocycles. The molecule has 2 saturated heterocycles. The molecule has 2 fully saturated rings. The van der Waals surface area contributed by atoms with Gasteiger partial charge in [-0.05, 0) is 19.9 Å². The molecule has 0 unspecified atom stereocenters. The number of fused-ring (bicyclic) bond motifs is 1. The molecule has 12 heteroatoms. The first-order valence-electron chi connectivity index (χ1n) is 7.12. The molecule has 4 atom stereocenters. The first-order valence-corrected chi connectivity index (χ1v) is 8.65. The average molecular weight is 363 g/mol. The fourth-order valence-corrected chi connectivity index (χ4v) is 3.15. The van der Waals surface area contributed by atoms with Crippen LogP contribution in [0.3, 0.4) is 0 Å². The number of nitrogen functional groups attached to an aromatic ring is 1. The molecule has 3 heterocycles. The molecule has 2 aliphatic rings. The van der Waals surface area contributed by atoms with E-state index in [2.05, 4.69) is 9.51 Å². The van der Waals surface area contributed by atoms with Crippen LogP contribution in [0.1, 0.15) is 20.1 Å². The highest BCUT2D eigenvalue weighted by molar-refractivity contribution is 7.46. The summed E-state index contributed by atoms with van der Waals surface area (Å²) in [5.74, 6) is -0.876. The van der Waals surface area contributed by atoms with Crippen LogP contribution in [0, 0.1) is 0 Å². The molecule has 0 amide bonds. The number of phosphoric ester groups is 1. The van der Waals surface area contributed by atoms with Crippen LogP contribution in [0.25, 0.3) is 0 Å². The van der Waals surface area contributed by atoms with E-state index >= 15 is 0 Å². The van der Waals surface area contributed by atoms with Crippen molar-refractivity contribution in [2.24, 2.45) is 0 Å². The van der Waals surface area contributed by atoms with Crippen LogP contribution < -0.4 is 11.4 Å². The van der Waals surface area contributed by atoms with Crippen molar-refractivity contribution in [1.29, 1.82) is 0 Å². The minimum Gasteiger partial charge on any atom is -0.383 e. The Balaban J connectivity index is 1.87. The molecule has 0 radical (unpaired) electrons. The van der Waals surface area contributed by atoms with E-state index in [1.807, 2.05) is 0 Å². The minimum atomic E-state index is -4.67. The summed E-state index contributed by atoms with van der Waals surface area (Å²) in [5, 5.41) is 0. The monoisotopic (exact) mass is 363 g/mol. The number of nitrogens with two attached hydrogens (primary N) is 1. The topological polar surface area (TPSA) is 155 Å². The number of hydrogen-bond donors (Lipinski definition) is 3. The van der Waals surface area contributed by atoms with E-state index in [0.717, 1.165) is 0 Å². The van der Waals surface area contributed by atoms with Gasteiger partial charge in [-0.25, -0.2) is 9.36 Å². The Morgan fingerprint density at radius 3 is 2.71 bits per heavy atom. The summed E-state index contributed by atoms with van der Waals surface area (Å²) >= 11 is 0. The van der Waals surface area contributed by atoms with Crippen molar-refractivity contribution in [1.82, 2.24) is 9.55 Å². The lowest BCUT2D eigenvalue weighted by atomic mass is 10.1. The zero-order valence-electron chi connectivity index (χ0n) is 12.9. The van der Waals surface area contributed by atoms with Crippen LogP contribution in [0.15, 0.2) is 17.1 Å². The lowest BCUT2D eigenvalue weighted by Gasteiger charge is -2.24. The molecular weight excluding hydrogens is 345 g/mol. The van der Waals surface area contributed by atoms with Gasteiger partial charge in [0.15, 0.2) is 12.0 Å². The lowest BCUT2D eigenvalue weighted by Crippen LogP contribution is -2.35. The van der Waals surface area contributed by atoms with E-state index in [1.54, 1.807) is 13.8 Å². The summed E-state index contributed by atoms with van der Waals surface area (Å²) in [4.78, 5) is 33.4. The zero-order chi connectivity index (χ0) is 17.7. The van der Waals surface area contributed by atoms with E-state index in [0.29, 0.717) is 0 Å². The number of phosphoric acid groups is 1. The molecule has 0 aliphatic carbocycles. The molecular formula is C12H18N3O8P. The van der Waals surface area contributed by atoms with Crippen molar-refractivity contribution in [3.05, 3.63) is 22.7 Å². The van der Waals surface area contributed by atoms with Gasteiger partial charge in [-0.15, -0.1) is 0 Å². The Labute approximate surface area is 136 Å². The van der Waals surface area contributed by atoms with E-state index in [9.17, 15) is 9.36 Å². The maximum atomic E-state index is 12.0. The summed E-state index contributed by atoms with van der Waals surface area (Å²) in [6.07, 6.45) is -1.65. The fraction of sp³-hybridized carbons (Fsp3) is 0.667. The largest absolute Gasteiger partial charge is 0.469 e. The number of rotatable bonds is 4. The average Bonchev–Trinajstić information content (AvgIpc) is 2.90. The molecule has 11 nitrogen and oxygen atoms in total. The second kappa shape index (κ2) is 5.88. The van der Waals surface area contributed by atoms with Crippen molar-refractivity contribution in [2.45, 2.75) is 44.2 Å². The third kappa shape index (κ3) is 3.52. The van der Waals surface area contributed by atoms with Crippen LogP contribution in [0.2, 0.25) is 0 Å². The van der Waals surface area contributed by atoms with Crippen LogP contribution >= 0.6 is 7.82 Å². The lowest BCUT2D eigenvalue weighted by molar-refractivity contribution is -0.200. The third-order valence-electron chi connectivity index (χ3n) is 3.66. The molecule has 0 saturated carbocycles. The highest BCUT2D eigenvalue weighted by Gasteiger charge is 2.56. The summed E-state index contributed by atoms with van der Waals surface area (Å²) in [5.41, 5.74) is 4.84. The SMILES string of the molecule is CC1(C)O[C@@H]2[C@H](O1)[C@@H](COP(=O)(O)O)O[C@H]2n1ccc(N)nc1=O. The Bertz CT molecular complexity index is 731. The molecule has 134 valence electrons. The first-order chi connectivity index (χ1) is 11.1. The fourth-order valence-electron chi connectivity index (χ4n) is 2.81. The molecule has 24 heavy (non-hydrogen) atoms. The number of ether oxygens (including phenoxy) is 3. The number of hydrogen-bond acceptors (Lipinski definition) is 8. The van der Waals surface area contributed by atoms with Crippen molar-refractivity contribution in [3.8, 4) is 0 Å². The maximum absolute atomic E-state index is 12.0. The molecule has 0 spiro atoms. The predicted molar refractivity (Wildman–Crippen MR) is 78.6 cm³/mol. The zero-order valence-corrected chi connectivity index (χ0v) is 13.8. The van der Waals surface area contributed by atoms with E-state index in [4.69, 9.17) is 29.7 Å². The highest BCUT2D eigenvalue weighted by Crippen LogP contribution is 2.44. The van der Waals surface area contributed by atoms with E-state index in [-0.39, 0.29) is 5.82 Å². The smallest absolute Gasteiger partial charge is 0.383 e. The number of nitrogens with zero attached hydrogens (tertiary/aromatic N) is 2. The molecule has 1 aromatic heterocycles. The van der Waals surface area contributed by atoms with Crippen molar-refractivity contribution in [3.63, 3.8) is 0 Å². The van der Waals surface area contributed by atoms with Gasteiger partial charge in [0, 0.05) is 6.20 Å². The van der Waals surface area contributed by atoms with Crippen LogP contribution in [0.4, 0.5) is 5.82 Å². The van der Waals surface area contributed by atoms with E-state index < -0.39 is 50.4 Å². The normalized spacial score (nSPS) is 32.0. The van der Waals surface area contributed by atoms with Gasteiger partial charge in [0.2, 0.25) is 0 Å². The Hall–Kier alpha value is -1.33. The quantitative estimate of drug-likeness (QED) is 0.588. The standard InChI is InChI=1S/C12H18N3O8P/c1-12(2)22-8-6(5-20-24(17,18)19)21-10(9(8)23-12)15-4-3-7(13)14-11(15)16/h3-4,6,8-10H,5H2,1-2H3,(H2,13,14,16)(H2,17,18,19)/t6-,8-,9-,10-/m1/s1. The minimum absolute atomic E-state index is 0.0658.